The molecule has 2 aliphatic rings. The molecule has 116 valence electrons. The van der Waals surface area contributed by atoms with Crippen LogP contribution in [0, 0.1) is 0 Å². The summed E-state index contributed by atoms with van der Waals surface area (Å²) < 4.78 is 5.39. The molecule has 0 aliphatic carbocycles. The van der Waals surface area contributed by atoms with E-state index in [0.717, 1.165) is 25.9 Å². The molecule has 5 nitrogen and oxygen atoms in total. The second kappa shape index (κ2) is 7.38. The van der Waals surface area contributed by atoms with Gasteiger partial charge in [0, 0.05) is 25.2 Å². The standard InChI is InChI=1S/C15H28N2O3/c1-12(2)16-7-3-13(4-8-16)17-9-5-14(6-10-17)20-11-15(18)19/h12-14H,3-11H2,1-2H3,(H,18,19). The van der Waals surface area contributed by atoms with Gasteiger partial charge in [0.05, 0.1) is 6.10 Å². The molecule has 0 bridgehead atoms. The molecule has 2 saturated heterocycles. The Morgan fingerprint density at radius 3 is 2.25 bits per heavy atom. The Bertz CT molecular complexity index is 306. The molecule has 0 radical (unpaired) electrons. The van der Waals surface area contributed by atoms with Crippen molar-refractivity contribution in [2.24, 2.45) is 0 Å². The normalized spacial score (nSPS) is 24.4. The minimum Gasteiger partial charge on any atom is -0.480 e. The topological polar surface area (TPSA) is 53.0 Å². The lowest BCUT2D eigenvalue weighted by molar-refractivity contribution is -0.145. The van der Waals surface area contributed by atoms with Crippen molar-refractivity contribution in [3.05, 3.63) is 0 Å². The first kappa shape index (κ1) is 15.7. The molecule has 1 N–H and O–H groups in total. The van der Waals surface area contributed by atoms with Gasteiger partial charge in [-0.15, -0.1) is 0 Å². The molecule has 20 heavy (non-hydrogen) atoms. The zero-order valence-corrected chi connectivity index (χ0v) is 12.8. The van der Waals surface area contributed by atoms with E-state index >= 15 is 0 Å². The molecule has 0 aromatic rings. The average molecular weight is 284 g/mol. The Morgan fingerprint density at radius 1 is 1.15 bits per heavy atom. The number of rotatable bonds is 5. The van der Waals surface area contributed by atoms with Crippen LogP contribution in [0.2, 0.25) is 0 Å². The number of carboxylic acid groups (broad SMARTS) is 1. The maximum absolute atomic E-state index is 10.5. The highest BCUT2D eigenvalue weighted by Gasteiger charge is 2.29. The van der Waals surface area contributed by atoms with E-state index in [4.69, 9.17) is 9.84 Å². The third kappa shape index (κ3) is 4.43. The van der Waals surface area contributed by atoms with Crippen LogP contribution >= 0.6 is 0 Å². The highest BCUT2D eigenvalue weighted by molar-refractivity contribution is 5.68. The van der Waals surface area contributed by atoms with Gasteiger partial charge < -0.3 is 19.6 Å². The summed E-state index contributed by atoms with van der Waals surface area (Å²) in [7, 11) is 0. The van der Waals surface area contributed by atoms with Crippen LogP contribution < -0.4 is 0 Å². The van der Waals surface area contributed by atoms with Crippen LogP contribution in [0.15, 0.2) is 0 Å². The number of nitrogens with zero attached hydrogens (tertiary/aromatic N) is 2. The van der Waals surface area contributed by atoms with E-state index in [-0.39, 0.29) is 12.7 Å². The highest BCUT2D eigenvalue weighted by Crippen LogP contribution is 2.23. The van der Waals surface area contributed by atoms with Crippen molar-refractivity contribution >= 4 is 5.97 Å². The molecule has 0 atom stereocenters. The van der Waals surface area contributed by atoms with Crippen molar-refractivity contribution in [2.45, 2.75) is 57.7 Å². The van der Waals surface area contributed by atoms with E-state index in [1.54, 1.807) is 0 Å². The first-order chi connectivity index (χ1) is 9.56. The maximum atomic E-state index is 10.5. The minimum atomic E-state index is -0.867. The smallest absolute Gasteiger partial charge is 0.329 e. The van der Waals surface area contributed by atoms with Gasteiger partial charge in [-0.3, -0.25) is 0 Å². The van der Waals surface area contributed by atoms with Gasteiger partial charge in [-0.2, -0.15) is 0 Å². The summed E-state index contributed by atoms with van der Waals surface area (Å²) in [6.45, 7) is 8.90. The molecule has 0 aromatic heterocycles. The summed E-state index contributed by atoms with van der Waals surface area (Å²) in [4.78, 5) is 15.6. The van der Waals surface area contributed by atoms with Crippen molar-refractivity contribution in [2.75, 3.05) is 32.8 Å². The minimum absolute atomic E-state index is 0.137. The van der Waals surface area contributed by atoms with E-state index < -0.39 is 5.97 Å². The first-order valence-electron chi connectivity index (χ1n) is 7.87. The second-order valence-corrected chi connectivity index (χ2v) is 6.30. The molecule has 2 fully saturated rings. The zero-order valence-electron chi connectivity index (χ0n) is 12.8. The van der Waals surface area contributed by atoms with Crippen LogP contribution in [0.1, 0.15) is 39.5 Å². The van der Waals surface area contributed by atoms with Gasteiger partial charge in [-0.1, -0.05) is 0 Å². The Kier molecular flexibility index (Phi) is 5.81. The Balaban J connectivity index is 1.68. The fourth-order valence-corrected chi connectivity index (χ4v) is 3.36. The van der Waals surface area contributed by atoms with E-state index in [1.807, 2.05) is 0 Å². The van der Waals surface area contributed by atoms with Gasteiger partial charge in [-0.25, -0.2) is 4.79 Å². The number of aliphatic carboxylic acids is 1. The van der Waals surface area contributed by atoms with Crippen LogP contribution in [0.4, 0.5) is 0 Å². The molecule has 2 heterocycles. The molecule has 2 aliphatic heterocycles. The molecule has 5 heteroatoms. The quantitative estimate of drug-likeness (QED) is 0.827. The summed E-state index contributed by atoms with van der Waals surface area (Å²) >= 11 is 0. The van der Waals surface area contributed by atoms with Crippen LogP contribution in [0.3, 0.4) is 0 Å². The summed E-state index contributed by atoms with van der Waals surface area (Å²) in [5.41, 5.74) is 0. The third-order valence-electron chi connectivity index (χ3n) is 4.66. The molecule has 0 unspecified atom stereocenters. The molecule has 0 aromatic carbocycles. The van der Waals surface area contributed by atoms with Crippen molar-refractivity contribution < 1.29 is 14.6 Å². The first-order valence-corrected chi connectivity index (χ1v) is 7.87. The number of piperidine rings is 2. The van der Waals surface area contributed by atoms with Gasteiger partial charge in [0.1, 0.15) is 6.61 Å². The second-order valence-electron chi connectivity index (χ2n) is 6.30. The third-order valence-corrected chi connectivity index (χ3v) is 4.66. The molecule has 0 spiro atoms. The number of carboxylic acids is 1. The fourth-order valence-electron chi connectivity index (χ4n) is 3.36. The van der Waals surface area contributed by atoms with Crippen molar-refractivity contribution in [3.63, 3.8) is 0 Å². The molecule has 2 rings (SSSR count). The summed E-state index contributed by atoms with van der Waals surface area (Å²) in [5.74, 6) is -0.867. The lowest BCUT2D eigenvalue weighted by Crippen LogP contribution is -2.49. The number of carbonyl (C=O) groups is 1. The molecular formula is C15H28N2O3. The molecule has 0 saturated carbocycles. The van der Waals surface area contributed by atoms with E-state index in [2.05, 4.69) is 23.6 Å². The van der Waals surface area contributed by atoms with Crippen LogP contribution in [0.25, 0.3) is 0 Å². The van der Waals surface area contributed by atoms with Gasteiger partial charge in [0.15, 0.2) is 0 Å². The summed E-state index contributed by atoms with van der Waals surface area (Å²) in [6, 6.07) is 1.37. The average Bonchev–Trinajstić information content (AvgIpc) is 2.46. The predicted octanol–water partition coefficient (Wildman–Crippen LogP) is 1.42. The van der Waals surface area contributed by atoms with E-state index in [9.17, 15) is 4.79 Å². The van der Waals surface area contributed by atoms with E-state index in [0.29, 0.717) is 12.1 Å². The van der Waals surface area contributed by atoms with Gasteiger partial charge >= 0.3 is 5.97 Å². The molecular weight excluding hydrogens is 256 g/mol. The van der Waals surface area contributed by atoms with E-state index in [1.165, 1.54) is 25.9 Å². The number of hydrogen-bond donors (Lipinski definition) is 1. The SMILES string of the molecule is CC(C)N1CCC(N2CCC(OCC(=O)O)CC2)CC1. The van der Waals surface area contributed by atoms with Crippen molar-refractivity contribution in [3.8, 4) is 0 Å². The van der Waals surface area contributed by atoms with Crippen molar-refractivity contribution in [1.29, 1.82) is 0 Å². The summed E-state index contributed by atoms with van der Waals surface area (Å²) in [6.07, 6.45) is 4.60. The molecule has 0 amide bonds. The number of hydrogen-bond acceptors (Lipinski definition) is 4. The van der Waals surface area contributed by atoms with Crippen molar-refractivity contribution in [1.82, 2.24) is 9.80 Å². The van der Waals surface area contributed by atoms with Crippen LogP contribution in [-0.2, 0) is 9.53 Å². The van der Waals surface area contributed by atoms with Gasteiger partial charge in [-0.05, 0) is 52.6 Å². The predicted molar refractivity (Wildman–Crippen MR) is 77.9 cm³/mol. The largest absolute Gasteiger partial charge is 0.480 e. The Labute approximate surface area is 121 Å². The maximum Gasteiger partial charge on any atom is 0.329 e. The zero-order chi connectivity index (χ0) is 14.5. The Morgan fingerprint density at radius 2 is 1.75 bits per heavy atom. The number of likely N-dealkylation sites (tertiary alicyclic amines) is 2. The van der Waals surface area contributed by atoms with Gasteiger partial charge in [0.2, 0.25) is 0 Å². The summed E-state index contributed by atoms with van der Waals surface area (Å²) in [5, 5.41) is 8.63. The monoisotopic (exact) mass is 284 g/mol. The lowest BCUT2D eigenvalue weighted by Gasteiger charge is -2.42. The highest BCUT2D eigenvalue weighted by atomic mass is 16.5. The van der Waals surface area contributed by atoms with Crippen LogP contribution in [0.5, 0.6) is 0 Å². The van der Waals surface area contributed by atoms with Crippen LogP contribution in [-0.4, -0.2) is 71.8 Å². The fraction of sp³-hybridized carbons (Fsp3) is 0.933. The Hall–Kier alpha value is -0.650. The number of ether oxygens (including phenoxy) is 1. The van der Waals surface area contributed by atoms with Gasteiger partial charge in [0.25, 0.3) is 0 Å². The lowest BCUT2D eigenvalue weighted by atomic mass is 9.98.